The number of hydrogen-bond donors (Lipinski definition) is 3. The van der Waals surface area contributed by atoms with Crippen LogP contribution in [-0.2, 0) is 0 Å². The Bertz CT molecular complexity index is 898. The molecule has 0 saturated heterocycles. The van der Waals surface area contributed by atoms with Crippen LogP contribution >= 0.6 is 0 Å². The summed E-state index contributed by atoms with van der Waals surface area (Å²) in [5.41, 5.74) is 1.31. The van der Waals surface area contributed by atoms with Gasteiger partial charge in [0.15, 0.2) is 0 Å². The van der Waals surface area contributed by atoms with E-state index in [9.17, 15) is 4.79 Å². The molecule has 1 fully saturated rings. The predicted octanol–water partition coefficient (Wildman–Crippen LogP) is 5.07. The lowest BCUT2D eigenvalue weighted by Crippen LogP contribution is -2.43. The number of carbonyl (C=O) groups is 1. The van der Waals surface area contributed by atoms with Gasteiger partial charge in [-0.25, -0.2) is 4.79 Å². The van der Waals surface area contributed by atoms with E-state index in [1.54, 1.807) is 0 Å². The van der Waals surface area contributed by atoms with Crippen molar-refractivity contribution in [3.8, 4) is 11.8 Å². The van der Waals surface area contributed by atoms with Gasteiger partial charge in [-0.15, -0.1) is 0 Å². The Morgan fingerprint density at radius 3 is 2.80 bits per heavy atom. The summed E-state index contributed by atoms with van der Waals surface area (Å²) in [6, 6.07) is 15.5. The number of fused-ring (bicyclic) bond motifs is 1. The number of allylic oxidation sites excluding steroid dienone is 1. The lowest BCUT2D eigenvalue weighted by Gasteiger charge is -2.22. The second kappa shape index (κ2) is 12.0. The van der Waals surface area contributed by atoms with Gasteiger partial charge in [0.2, 0.25) is 0 Å². The summed E-state index contributed by atoms with van der Waals surface area (Å²) in [7, 11) is 0. The van der Waals surface area contributed by atoms with Crippen LogP contribution in [0.1, 0.15) is 57.1 Å². The van der Waals surface area contributed by atoms with Crippen LogP contribution in [0.2, 0.25) is 0 Å². The first-order valence-corrected chi connectivity index (χ1v) is 11.1. The highest BCUT2D eigenvalue weighted by atomic mass is 16.2. The van der Waals surface area contributed by atoms with E-state index in [4.69, 9.17) is 0 Å². The molecule has 0 unspecified atom stereocenters. The van der Waals surface area contributed by atoms with Crippen LogP contribution in [0.4, 0.5) is 4.79 Å². The van der Waals surface area contributed by atoms with Crippen LogP contribution in [0, 0.1) is 11.8 Å². The molecule has 4 nitrogen and oxygen atoms in total. The normalized spacial score (nSPS) is 15.5. The SMILES string of the molecule is C[C@@H](NC/C=C/C#CCCNC(=O)NC1CCCCC1)c1cccc2ccccc12. The summed E-state index contributed by atoms with van der Waals surface area (Å²) in [6.45, 7) is 3.53. The zero-order valence-electron chi connectivity index (χ0n) is 17.9. The van der Waals surface area contributed by atoms with Crippen molar-refractivity contribution in [2.45, 2.75) is 57.5 Å². The standard InChI is InChI=1S/C26H33N3O/c1-21(24-18-12-14-22-13-8-9-17-25(22)24)27-19-10-3-2-4-11-20-28-26(30)29-23-15-6-5-7-16-23/h3,8-10,12-14,17-18,21,23,27H,5-7,11,15-16,19-20H2,1H3,(H2,28,29,30)/b10-3+/t21-/m1/s1. The zero-order valence-corrected chi connectivity index (χ0v) is 17.9. The van der Waals surface area contributed by atoms with Gasteiger partial charge in [0.05, 0.1) is 0 Å². The third-order valence-electron chi connectivity index (χ3n) is 5.61. The van der Waals surface area contributed by atoms with Gasteiger partial charge in [0.25, 0.3) is 0 Å². The summed E-state index contributed by atoms with van der Waals surface area (Å²) in [5, 5.41) is 12.0. The maximum Gasteiger partial charge on any atom is 0.315 e. The first-order chi connectivity index (χ1) is 14.7. The molecule has 2 aromatic rings. The molecule has 1 aliphatic carbocycles. The number of carbonyl (C=O) groups excluding carboxylic acids is 1. The van der Waals surface area contributed by atoms with Crippen molar-refractivity contribution in [3.63, 3.8) is 0 Å². The minimum atomic E-state index is -0.0640. The third-order valence-corrected chi connectivity index (χ3v) is 5.61. The van der Waals surface area contributed by atoms with E-state index < -0.39 is 0 Å². The van der Waals surface area contributed by atoms with Crippen LogP contribution in [0.5, 0.6) is 0 Å². The van der Waals surface area contributed by atoms with E-state index in [2.05, 4.69) is 77.2 Å². The monoisotopic (exact) mass is 403 g/mol. The number of rotatable bonds is 7. The highest BCUT2D eigenvalue weighted by Crippen LogP contribution is 2.23. The van der Waals surface area contributed by atoms with Crippen LogP contribution in [0.25, 0.3) is 10.8 Å². The van der Waals surface area contributed by atoms with E-state index in [1.807, 2.05) is 12.2 Å². The summed E-state index contributed by atoms with van der Waals surface area (Å²) < 4.78 is 0. The van der Waals surface area contributed by atoms with E-state index >= 15 is 0 Å². The maximum atomic E-state index is 11.9. The Kier molecular flexibility index (Phi) is 8.80. The second-order valence-corrected chi connectivity index (χ2v) is 7.91. The molecule has 3 N–H and O–H groups in total. The highest BCUT2D eigenvalue weighted by Gasteiger charge is 2.14. The molecule has 0 aromatic heterocycles. The van der Waals surface area contributed by atoms with Gasteiger partial charge in [-0.1, -0.05) is 79.6 Å². The zero-order chi connectivity index (χ0) is 21.0. The Hall–Kier alpha value is -2.77. The van der Waals surface area contributed by atoms with Crippen molar-refractivity contribution in [1.82, 2.24) is 16.0 Å². The average molecular weight is 404 g/mol. The highest BCUT2D eigenvalue weighted by molar-refractivity contribution is 5.86. The number of hydrogen-bond acceptors (Lipinski definition) is 2. The fourth-order valence-corrected chi connectivity index (χ4v) is 3.95. The lowest BCUT2D eigenvalue weighted by molar-refractivity contribution is 0.233. The fraction of sp³-hybridized carbons (Fsp3) is 0.423. The van der Waals surface area contributed by atoms with Gasteiger partial charge < -0.3 is 16.0 Å². The second-order valence-electron chi connectivity index (χ2n) is 7.91. The van der Waals surface area contributed by atoms with Crippen molar-refractivity contribution in [2.75, 3.05) is 13.1 Å². The van der Waals surface area contributed by atoms with Gasteiger partial charge in [0.1, 0.15) is 0 Å². The molecular weight excluding hydrogens is 370 g/mol. The molecule has 1 saturated carbocycles. The van der Waals surface area contributed by atoms with Crippen molar-refractivity contribution in [2.24, 2.45) is 0 Å². The molecule has 2 amide bonds. The Morgan fingerprint density at radius 2 is 1.93 bits per heavy atom. The smallest absolute Gasteiger partial charge is 0.315 e. The molecule has 1 aliphatic rings. The Balaban J connectivity index is 1.32. The molecule has 1 atom stereocenters. The Morgan fingerprint density at radius 1 is 1.13 bits per heavy atom. The molecule has 3 rings (SSSR count). The molecule has 0 aliphatic heterocycles. The largest absolute Gasteiger partial charge is 0.337 e. The molecular formula is C26H33N3O. The average Bonchev–Trinajstić information content (AvgIpc) is 2.78. The fourth-order valence-electron chi connectivity index (χ4n) is 3.95. The van der Waals surface area contributed by atoms with Crippen molar-refractivity contribution in [1.29, 1.82) is 0 Å². The van der Waals surface area contributed by atoms with Crippen LogP contribution in [-0.4, -0.2) is 25.2 Å². The van der Waals surface area contributed by atoms with E-state index in [0.29, 0.717) is 19.0 Å². The molecule has 0 radical (unpaired) electrons. The summed E-state index contributed by atoms with van der Waals surface area (Å²) in [4.78, 5) is 11.9. The van der Waals surface area contributed by atoms with E-state index in [-0.39, 0.29) is 12.1 Å². The predicted molar refractivity (Wildman–Crippen MR) is 125 cm³/mol. The van der Waals surface area contributed by atoms with E-state index in [1.165, 1.54) is 35.6 Å². The molecule has 158 valence electrons. The minimum Gasteiger partial charge on any atom is -0.337 e. The summed E-state index contributed by atoms with van der Waals surface area (Å²) in [6.07, 6.45) is 10.5. The van der Waals surface area contributed by atoms with Gasteiger partial charge in [-0.2, -0.15) is 0 Å². The lowest BCUT2D eigenvalue weighted by atomic mass is 9.96. The number of nitrogens with one attached hydrogen (secondary N) is 3. The number of amides is 2. The minimum absolute atomic E-state index is 0.0640. The van der Waals surface area contributed by atoms with Crippen molar-refractivity contribution >= 4 is 16.8 Å². The van der Waals surface area contributed by atoms with Gasteiger partial charge in [-0.3, -0.25) is 0 Å². The molecule has 0 spiro atoms. The quantitative estimate of drug-likeness (QED) is 0.446. The van der Waals surface area contributed by atoms with Crippen LogP contribution in [0.3, 0.4) is 0 Å². The van der Waals surface area contributed by atoms with Gasteiger partial charge >= 0.3 is 6.03 Å². The summed E-state index contributed by atoms with van der Waals surface area (Å²) in [5.74, 6) is 6.12. The molecule has 2 aromatic carbocycles. The van der Waals surface area contributed by atoms with Gasteiger partial charge in [-0.05, 0) is 42.2 Å². The maximum absolute atomic E-state index is 11.9. The Labute approximate surface area is 180 Å². The van der Waals surface area contributed by atoms with Crippen LogP contribution < -0.4 is 16.0 Å². The topological polar surface area (TPSA) is 53.2 Å². The first kappa shape index (κ1) is 21.9. The summed E-state index contributed by atoms with van der Waals surface area (Å²) >= 11 is 0. The third kappa shape index (κ3) is 6.93. The van der Waals surface area contributed by atoms with Crippen molar-refractivity contribution < 1.29 is 4.79 Å². The molecule has 4 heteroatoms. The number of urea groups is 1. The number of benzene rings is 2. The first-order valence-electron chi connectivity index (χ1n) is 11.1. The van der Waals surface area contributed by atoms with Crippen molar-refractivity contribution in [3.05, 3.63) is 60.2 Å². The van der Waals surface area contributed by atoms with E-state index in [0.717, 1.165) is 19.4 Å². The molecule has 0 heterocycles. The molecule has 30 heavy (non-hydrogen) atoms. The molecule has 0 bridgehead atoms. The van der Waals surface area contributed by atoms with Gasteiger partial charge in [0, 0.05) is 31.6 Å². The van der Waals surface area contributed by atoms with Crippen LogP contribution in [0.15, 0.2) is 54.6 Å².